The van der Waals surface area contributed by atoms with Crippen molar-refractivity contribution in [3.63, 3.8) is 0 Å². The van der Waals surface area contributed by atoms with Crippen molar-refractivity contribution < 1.29 is 38.9 Å². The second-order valence-electron chi connectivity index (χ2n) is 6.48. The lowest BCUT2D eigenvalue weighted by Crippen LogP contribution is -2.55. The van der Waals surface area contributed by atoms with Crippen LogP contribution in [-0.2, 0) is 35.1 Å². The van der Waals surface area contributed by atoms with E-state index in [0.717, 1.165) is 12.7 Å². The molecule has 0 bridgehead atoms. The third-order valence-electron chi connectivity index (χ3n) is 4.01. The molecule has 0 radical (unpaired) electrons. The van der Waals surface area contributed by atoms with E-state index in [4.69, 9.17) is 0 Å². The number of ketones is 1. The minimum Gasteiger partial charge on any atom is -0.465 e. The maximum atomic E-state index is 12.5. The average Bonchev–Trinajstić information content (AvgIpc) is 2.70. The van der Waals surface area contributed by atoms with Gasteiger partial charge in [0.05, 0.1) is 13.7 Å². The quantitative estimate of drug-likeness (QED) is 0.160. The molecular formula is C19H25N3O8. The highest BCUT2D eigenvalue weighted by atomic mass is 16.6. The minimum atomic E-state index is -3.40. The predicted molar refractivity (Wildman–Crippen MR) is 103 cm³/mol. The van der Waals surface area contributed by atoms with Crippen molar-refractivity contribution in [1.29, 1.82) is 0 Å². The summed E-state index contributed by atoms with van der Waals surface area (Å²) in [6, 6.07) is 6.86. The minimum absolute atomic E-state index is 0.190. The second-order valence-corrected chi connectivity index (χ2v) is 6.48. The van der Waals surface area contributed by atoms with Gasteiger partial charge in [0.25, 0.3) is 0 Å². The number of Topliss-reactive ketones (excluding diaryl/α,β-unsaturated/α-hetero) is 1. The number of nitrogens with one attached hydrogen (secondary N) is 3. The number of benzene rings is 1. The zero-order valence-electron chi connectivity index (χ0n) is 16.8. The normalized spacial score (nSPS) is 12.8. The van der Waals surface area contributed by atoms with Crippen molar-refractivity contribution in [2.75, 3.05) is 13.7 Å². The number of hydrogen-bond donors (Lipinski definition) is 5. The molecule has 3 amide bonds. The van der Waals surface area contributed by atoms with Gasteiger partial charge >= 0.3 is 11.8 Å². The molecule has 0 aliphatic carbocycles. The number of carbonyl (C=O) groups is 5. The summed E-state index contributed by atoms with van der Waals surface area (Å²) in [6.45, 7) is 1.70. The third kappa shape index (κ3) is 7.26. The van der Waals surface area contributed by atoms with Gasteiger partial charge in [-0.15, -0.1) is 0 Å². The van der Waals surface area contributed by atoms with Crippen molar-refractivity contribution in [2.24, 2.45) is 0 Å². The molecule has 0 aliphatic rings. The maximum absolute atomic E-state index is 12.5. The molecule has 1 rings (SSSR count). The first-order valence-corrected chi connectivity index (χ1v) is 8.94. The lowest BCUT2D eigenvalue weighted by molar-refractivity contribution is -0.206. The third-order valence-corrected chi connectivity index (χ3v) is 4.01. The smallest absolute Gasteiger partial charge is 0.374 e. The van der Waals surface area contributed by atoms with Crippen LogP contribution in [0.15, 0.2) is 30.3 Å². The zero-order valence-corrected chi connectivity index (χ0v) is 16.8. The highest BCUT2D eigenvalue weighted by Gasteiger charge is 2.43. The van der Waals surface area contributed by atoms with Gasteiger partial charge in [0.2, 0.25) is 23.5 Å². The Hall–Kier alpha value is -3.31. The Bertz CT molecular complexity index is 794. The Morgan fingerprint density at radius 1 is 1.03 bits per heavy atom. The van der Waals surface area contributed by atoms with Crippen molar-refractivity contribution in [3.8, 4) is 0 Å². The molecule has 11 heteroatoms. The number of amides is 3. The highest BCUT2D eigenvalue weighted by Crippen LogP contribution is 2.05. The van der Waals surface area contributed by atoms with E-state index in [1.807, 2.05) is 0 Å². The number of carbonyl (C=O) groups excluding carboxylic acids is 5. The Kier molecular flexibility index (Phi) is 9.09. The number of aliphatic hydroxyl groups is 2. The SMILES string of the molecule is COC(=O)C(O)(O)C(=O)CNC(=O)[C@H](C)NC(=O)[C@H](Cc1ccccc1)NC(C)=O. The van der Waals surface area contributed by atoms with Gasteiger partial charge in [-0.1, -0.05) is 30.3 Å². The topological polar surface area (TPSA) is 171 Å². The van der Waals surface area contributed by atoms with Gasteiger partial charge in [0.15, 0.2) is 0 Å². The summed E-state index contributed by atoms with van der Waals surface area (Å²) in [4.78, 5) is 58.9. The van der Waals surface area contributed by atoms with Crippen LogP contribution in [0.25, 0.3) is 0 Å². The van der Waals surface area contributed by atoms with Crippen molar-refractivity contribution in [3.05, 3.63) is 35.9 Å². The molecule has 5 N–H and O–H groups in total. The summed E-state index contributed by atoms with van der Waals surface area (Å²) in [7, 11) is 0.855. The van der Waals surface area contributed by atoms with Crippen molar-refractivity contribution in [1.82, 2.24) is 16.0 Å². The average molecular weight is 423 g/mol. The van der Waals surface area contributed by atoms with Crippen molar-refractivity contribution >= 4 is 29.5 Å². The van der Waals surface area contributed by atoms with Crippen LogP contribution in [0.5, 0.6) is 0 Å². The first-order chi connectivity index (χ1) is 14.0. The van der Waals surface area contributed by atoms with Crippen molar-refractivity contribution in [2.45, 2.75) is 38.1 Å². The van der Waals surface area contributed by atoms with Gasteiger partial charge < -0.3 is 30.9 Å². The molecule has 0 saturated carbocycles. The summed E-state index contributed by atoms with van der Waals surface area (Å²) < 4.78 is 4.09. The fourth-order valence-electron chi connectivity index (χ4n) is 2.38. The van der Waals surface area contributed by atoms with Gasteiger partial charge in [0, 0.05) is 13.3 Å². The molecule has 0 aromatic heterocycles. The van der Waals surface area contributed by atoms with Gasteiger partial charge in [-0.05, 0) is 12.5 Å². The van der Waals surface area contributed by atoms with Crippen LogP contribution in [0, 0.1) is 0 Å². The van der Waals surface area contributed by atoms with Gasteiger partial charge in [-0.25, -0.2) is 4.79 Å². The molecule has 0 saturated heterocycles. The predicted octanol–water partition coefficient (Wildman–Crippen LogP) is -2.22. The van der Waals surface area contributed by atoms with E-state index in [0.29, 0.717) is 0 Å². The molecule has 0 spiro atoms. The molecule has 1 aromatic carbocycles. The van der Waals surface area contributed by atoms with Crippen LogP contribution in [0.4, 0.5) is 0 Å². The lowest BCUT2D eigenvalue weighted by Gasteiger charge is -2.21. The van der Waals surface area contributed by atoms with Crippen LogP contribution in [-0.4, -0.2) is 71.2 Å². The largest absolute Gasteiger partial charge is 0.465 e. The Labute approximate surface area is 172 Å². The summed E-state index contributed by atoms with van der Waals surface area (Å²) in [5.41, 5.74) is 0.791. The van der Waals surface area contributed by atoms with Crippen LogP contribution in [0.1, 0.15) is 19.4 Å². The molecule has 0 heterocycles. The number of ether oxygens (including phenoxy) is 1. The maximum Gasteiger partial charge on any atom is 0.374 e. The fraction of sp³-hybridized carbons (Fsp3) is 0.421. The van der Waals surface area contributed by atoms with Crippen LogP contribution in [0.2, 0.25) is 0 Å². The Morgan fingerprint density at radius 3 is 2.17 bits per heavy atom. The van der Waals surface area contributed by atoms with E-state index in [-0.39, 0.29) is 6.42 Å². The van der Waals surface area contributed by atoms with E-state index in [1.165, 1.54) is 13.8 Å². The molecule has 164 valence electrons. The number of methoxy groups -OCH3 is 1. The summed E-state index contributed by atoms with van der Waals surface area (Å²) in [5, 5.41) is 25.8. The van der Waals surface area contributed by atoms with Gasteiger partial charge in [-0.2, -0.15) is 0 Å². The zero-order chi connectivity index (χ0) is 22.9. The van der Waals surface area contributed by atoms with E-state index >= 15 is 0 Å². The second kappa shape index (κ2) is 11.0. The molecular weight excluding hydrogens is 398 g/mol. The first kappa shape index (κ1) is 24.7. The van der Waals surface area contributed by atoms with E-state index in [9.17, 15) is 34.2 Å². The summed E-state index contributed by atoms with van der Waals surface area (Å²) >= 11 is 0. The number of rotatable bonds is 10. The molecule has 0 fully saturated rings. The molecule has 1 aromatic rings. The molecule has 2 atom stereocenters. The van der Waals surface area contributed by atoms with E-state index in [2.05, 4.69) is 20.7 Å². The molecule has 30 heavy (non-hydrogen) atoms. The monoisotopic (exact) mass is 423 g/mol. The molecule has 11 nitrogen and oxygen atoms in total. The van der Waals surface area contributed by atoms with Crippen LogP contribution in [0.3, 0.4) is 0 Å². The molecule has 0 aliphatic heterocycles. The van der Waals surface area contributed by atoms with Crippen LogP contribution < -0.4 is 16.0 Å². The van der Waals surface area contributed by atoms with Gasteiger partial charge in [-0.3, -0.25) is 19.2 Å². The summed E-state index contributed by atoms with van der Waals surface area (Å²) in [6.07, 6.45) is 0.190. The highest BCUT2D eigenvalue weighted by molar-refractivity contribution is 6.06. The number of esters is 1. The Morgan fingerprint density at radius 2 is 1.63 bits per heavy atom. The Balaban J connectivity index is 2.68. The first-order valence-electron chi connectivity index (χ1n) is 8.94. The fourth-order valence-corrected chi connectivity index (χ4v) is 2.38. The van der Waals surface area contributed by atoms with E-state index in [1.54, 1.807) is 30.3 Å². The van der Waals surface area contributed by atoms with E-state index < -0.39 is 53.9 Å². The standard InChI is InChI=1S/C19H25N3O8/c1-11(16(25)20-10-15(24)19(28,29)18(27)30-3)21-17(26)14(22-12(2)23)9-13-7-5-4-6-8-13/h4-8,11,14,28-29H,9-10H2,1-3H3,(H,20,25)(H,21,26)(H,22,23)/t11-,14-/m0/s1. The summed E-state index contributed by atoms with van der Waals surface area (Å²) in [5.74, 6) is -8.29. The molecule has 0 unspecified atom stereocenters. The van der Waals surface area contributed by atoms with Crippen LogP contribution >= 0.6 is 0 Å². The van der Waals surface area contributed by atoms with Gasteiger partial charge in [0.1, 0.15) is 12.1 Å². The number of hydrogen-bond acceptors (Lipinski definition) is 8. The lowest BCUT2D eigenvalue weighted by atomic mass is 10.0.